The van der Waals surface area contributed by atoms with Crippen LogP contribution in [0.3, 0.4) is 0 Å². The Kier molecular flexibility index (Phi) is 3.92. The first-order valence-corrected chi connectivity index (χ1v) is 6.38. The van der Waals surface area contributed by atoms with Crippen molar-refractivity contribution in [3.05, 3.63) is 42.1 Å². The molecule has 0 radical (unpaired) electrons. The van der Waals surface area contributed by atoms with Crippen LogP contribution in [0.1, 0.15) is 38.3 Å². The molecule has 1 aromatic carbocycles. The number of hydrogen-bond acceptors (Lipinski definition) is 2. The summed E-state index contributed by atoms with van der Waals surface area (Å²) in [6, 6.07) is 10.2. The molecule has 3 heteroatoms. The Morgan fingerprint density at radius 1 is 1.33 bits per heavy atom. The number of nitrogens with one attached hydrogen (secondary N) is 1. The van der Waals surface area contributed by atoms with Gasteiger partial charge in [-0.05, 0) is 24.1 Å². The van der Waals surface area contributed by atoms with Gasteiger partial charge < -0.3 is 5.32 Å². The largest absolute Gasteiger partial charge is 0.349 e. The van der Waals surface area contributed by atoms with Crippen LogP contribution in [0.5, 0.6) is 0 Å². The van der Waals surface area contributed by atoms with Crippen molar-refractivity contribution in [2.75, 3.05) is 0 Å². The van der Waals surface area contributed by atoms with Gasteiger partial charge in [0.2, 0.25) is 5.91 Å². The molecule has 1 heterocycles. The number of nitrogens with zero attached hydrogens (tertiary/aromatic N) is 1. The molecule has 18 heavy (non-hydrogen) atoms. The summed E-state index contributed by atoms with van der Waals surface area (Å²) in [5.74, 6) is 0.0787. The number of hydrogen-bond donors (Lipinski definition) is 1. The van der Waals surface area contributed by atoms with Gasteiger partial charge in [-0.3, -0.25) is 9.78 Å². The zero-order valence-corrected chi connectivity index (χ0v) is 10.8. The van der Waals surface area contributed by atoms with Crippen molar-refractivity contribution in [1.82, 2.24) is 10.3 Å². The Morgan fingerprint density at radius 3 is 2.83 bits per heavy atom. The molecule has 1 atom stereocenters. The first kappa shape index (κ1) is 12.6. The van der Waals surface area contributed by atoms with Crippen molar-refractivity contribution >= 4 is 16.8 Å². The normalized spacial score (nSPS) is 12.3. The maximum Gasteiger partial charge on any atom is 0.220 e. The maximum absolute atomic E-state index is 11.5. The smallest absolute Gasteiger partial charge is 0.220 e. The predicted octanol–water partition coefficient (Wildman–Crippen LogP) is 3.21. The molecule has 1 amide bonds. The van der Waals surface area contributed by atoms with Gasteiger partial charge in [0.15, 0.2) is 0 Å². The molecule has 0 spiro atoms. The minimum atomic E-state index is 0.0505. The van der Waals surface area contributed by atoms with E-state index in [4.69, 9.17) is 0 Å². The van der Waals surface area contributed by atoms with Gasteiger partial charge in [0.05, 0.1) is 11.6 Å². The highest BCUT2D eigenvalue weighted by molar-refractivity contribution is 5.79. The van der Waals surface area contributed by atoms with E-state index in [-0.39, 0.29) is 11.9 Å². The van der Waals surface area contributed by atoms with E-state index in [1.165, 1.54) is 0 Å². The van der Waals surface area contributed by atoms with E-state index in [0.717, 1.165) is 22.9 Å². The minimum absolute atomic E-state index is 0.0505. The Labute approximate surface area is 107 Å². The van der Waals surface area contributed by atoms with E-state index >= 15 is 0 Å². The molecule has 3 nitrogen and oxygen atoms in total. The molecule has 94 valence electrons. The molecule has 2 rings (SSSR count). The summed E-state index contributed by atoms with van der Waals surface area (Å²) < 4.78 is 0. The average molecular weight is 242 g/mol. The van der Waals surface area contributed by atoms with Crippen LogP contribution in [0.25, 0.3) is 10.9 Å². The van der Waals surface area contributed by atoms with E-state index in [0.29, 0.717) is 6.42 Å². The third kappa shape index (κ3) is 2.67. The van der Waals surface area contributed by atoms with Crippen molar-refractivity contribution in [2.24, 2.45) is 0 Å². The summed E-state index contributed by atoms with van der Waals surface area (Å²) in [5.41, 5.74) is 2.05. The number of para-hydroxylation sites is 1. The van der Waals surface area contributed by atoms with Gasteiger partial charge >= 0.3 is 0 Å². The molecule has 0 saturated carbocycles. The van der Waals surface area contributed by atoms with E-state index in [2.05, 4.69) is 23.3 Å². The molecule has 0 bridgehead atoms. The fourth-order valence-corrected chi connectivity index (χ4v) is 2.00. The lowest BCUT2D eigenvalue weighted by atomic mass is 10.0. The Hall–Kier alpha value is -1.90. The second-order valence-electron chi connectivity index (χ2n) is 4.34. The topological polar surface area (TPSA) is 42.0 Å². The number of fused-ring (bicyclic) bond motifs is 1. The van der Waals surface area contributed by atoms with Crippen LogP contribution >= 0.6 is 0 Å². The SMILES string of the molecule is CCC(=O)N[C@@H](CC)c1cnc2ccccc2c1. The lowest BCUT2D eigenvalue weighted by molar-refractivity contribution is -0.121. The molecule has 1 N–H and O–H groups in total. The molecule has 0 fully saturated rings. The fourth-order valence-electron chi connectivity index (χ4n) is 2.00. The molecular formula is C15H18N2O. The molecule has 0 saturated heterocycles. The number of carbonyl (C=O) groups is 1. The van der Waals surface area contributed by atoms with Crippen LogP contribution in [0.4, 0.5) is 0 Å². The number of benzene rings is 1. The van der Waals surface area contributed by atoms with E-state index in [1.807, 2.05) is 37.4 Å². The summed E-state index contributed by atoms with van der Waals surface area (Å²) in [6.07, 6.45) is 3.23. The number of aromatic nitrogens is 1. The first-order chi connectivity index (χ1) is 8.74. The Bertz CT molecular complexity index is 551. The summed E-state index contributed by atoms with van der Waals surface area (Å²) in [7, 11) is 0. The van der Waals surface area contributed by atoms with Gasteiger partial charge in [-0.25, -0.2) is 0 Å². The standard InChI is InChI=1S/C15H18N2O/c1-3-13(17-15(18)4-2)12-9-11-7-5-6-8-14(11)16-10-12/h5-10,13H,3-4H2,1-2H3,(H,17,18)/t13-/m0/s1. The van der Waals surface area contributed by atoms with Crippen LogP contribution in [0.2, 0.25) is 0 Å². The Morgan fingerprint density at radius 2 is 2.11 bits per heavy atom. The summed E-state index contributed by atoms with van der Waals surface area (Å²) in [6.45, 7) is 3.93. The van der Waals surface area contributed by atoms with Gasteiger partial charge in [-0.1, -0.05) is 32.0 Å². The van der Waals surface area contributed by atoms with Crippen LogP contribution in [-0.4, -0.2) is 10.9 Å². The average Bonchev–Trinajstić information content (AvgIpc) is 2.44. The molecule has 0 aliphatic heterocycles. The highest BCUT2D eigenvalue weighted by Gasteiger charge is 2.12. The third-order valence-corrected chi connectivity index (χ3v) is 3.08. The van der Waals surface area contributed by atoms with Gasteiger partial charge in [-0.2, -0.15) is 0 Å². The summed E-state index contributed by atoms with van der Waals surface area (Å²) in [4.78, 5) is 15.9. The second kappa shape index (κ2) is 5.63. The number of carbonyl (C=O) groups excluding carboxylic acids is 1. The van der Waals surface area contributed by atoms with Gasteiger partial charge in [-0.15, -0.1) is 0 Å². The van der Waals surface area contributed by atoms with E-state index in [1.54, 1.807) is 0 Å². The van der Waals surface area contributed by atoms with Gasteiger partial charge in [0.1, 0.15) is 0 Å². The molecule has 0 aliphatic carbocycles. The van der Waals surface area contributed by atoms with E-state index in [9.17, 15) is 4.79 Å². The van der Waals surface area contributed by atoms with Gasteiger partial charge in [0.25, 0.3) is 0 Å². The highest BCUT2D eigenvalue weighted by atomic mass is 16.1. The minimum Gasteiger partial charge on any atom is -0.349 e. The lowest BCUT2D eigenvalue weighted by Crippen LogP contribution is -2.27. The zero-order valence-electron chi connectivity index (χ0n) is 10.8. The first-order valence-electron chi connectivity index (χ1n) is 6.38. The molecular weight excluding hydrogens is 224 g/mol. The molecule has 1 aromatic heterocycles. The predicted molar refractivity (Wildman–Crippen MR) is 73.2 cm³/mol. The van der Waals surface area contributed by atoms with Gasteiger partial charge in [0, 0.05) is 18.0 Å². The third-order valence-electron chi connectivity index (χ3n) is 3.08. The monoisotopic (exact) mass is 242 g/mol. The highest BCUT2D eigenvalue weighted by Crippen LogP contribution is 2.20. The van der Waals surface area contributed by atoms with E-state index < -0.39 is 0 Å². The molecule has 0 unspecified atom stereocenters. The van der Waals surface area contributed by atoms with Crippen LogP contribution < -0.4 is 5.32 Å². The van der Waals surface area contributed by atoms with Crippen molar-refractivity contribution in [3.63, 3.8) is 0 Å². The lowest BCUT2D eigenvalue weighted by Gasteiger charge is -2.17. The van der Waals surface area contributed by atoms with Crippen LogP contribution in [-0.2, 0) is 4.79 Å². The van der Waals surface area contributed by atoms with Crippen LogP contribution in [0.15, 0.2) is 36.5 Å². The fraction of sp³-hybridized carbons (Fsp3) is 0.333. The number of amides is 1. The van der Waals surface area contributed by atoms with Crippen molar-refractivity contribution in [3.8, 4) is 0 Å². The zero-order chi connectivity index (χ0) is 13.0. The number of pyridine rings is 1. The van der Waals surface area contributed by atoms with Crippen molar-refractivity contribution in [2.45, 2.75) is 32.7 Å². The summed E-state index contributed by atoms with van der Waals surface area (Å²) in [5, 5.41) is 4.13. The quantitative estimate of drug-likeness (QED) is 0.894. The van der Waals surface area contributed by atoms with Crippen molar-refractivity contribution < 1.29 is 4.79 Å². The second-order valence-corrected chi connectivity index (χ2v) is 4.34. The molecule has 2 aromatic rings. The molecule has 0 aliphatic rings. The number of rotatable bonds is 4. The van der Waals surface area contributed by atoms with Crippen LogP contribution in [0, 0.1) is 0 Å². The Balaban J connectivity index is 2.30. The summed E-state index contributed by atoms with van der Waals surface area (Å²) >= 11 is 0. The maximum atomic E-state index is 11.5. The van der Waals surface area contributed by atoms with Crippen molar-refractivity contribution in [1.29, 1.82) is 0 Å².